The zero-order chi connectivity index (χ0) is 12.3. The van der Waals surface area contributed by atoms with E-state index in [1.807, 2.05) is 0 Å². The molecule has 0 atom stereocenters. The molecule has 2 aromatic rings. The molecule has 0 saturated carbocycles. The third kappa shape index (κ3) is 2.76. The van der Waals surface area contributed by atoms with E-state index in [0.717, 1.165) is 6.07 Å². The van der Waals surface area contributed by atoms with Crippen LogP contribution in [-0.2, 0) is 0 Å². The highest BCUT2D eigenvalue weighted by atomic mass is 35.5. The number of carbonyl (C=O) groups is 1. The van der Waals surface area contributed by atoms with Crippen molar-refractivity contribution in [3.05, 3.63) is 53.2 Å². The number of rotatable bonds is 2. The summed E-state index contributed by atoms with van der Waals surface area (Å²) in [6.07, 6.45) is 4.32. The van der Waals surface area contributed by atoms with Gasteiger partial charge >= 0.3 is 0 Å². The number of nitrogens with zero attached hydrogens (tertiary/aromatic N) is 2. The highest BCUT2D eigenvalue weighted by Crippen LogP contribution is 2.16. The van der Waals surface area contributed by atoms with Crippen LogP contribution in [0.15, 0.2) is 36.8 Å². The summed E-state index contributed by atoms with van der Waals surface area (Å²) in [5.74, 6) is -0.813. The lowest BCUT2D eigenvalue weighted by molar-refractivity contribution is 0.102. The molecule has 4 nitrogen and oxygen atoms in total. The molecule has 0 aliphatic rings. The van der Waals surface area contributed by atoms with Gasteiger partial charge in [0.2, 0.25) is 0 Å². The van der Waals surface area contributed by atoms with Crippen molar-refractivity contribution in [3.63, 3.8) is 0 Å². The predicted molar refractivity (Wildman–Crippen MR) is 61.4 cm³/mol. The Labute approximate surface area is 101 Å². The molecule has 2 rings (SSSR count). The molecular weight excluding hydrogens is 245 g/mol. The van der Waals surface area contributed by atoms with Gasteiger partial charge in [-0.2, -0.15) is 0 Å². The fraction of sp³-hybridized carbons (Fsp3) is 0. The van der Waals surface area contributed by atoms with Gasteiger partial charge in [-0.3, -0.25) is 9.78 Å². The minimum atomic E-state index is -0.640. The van der Waals surface area contributed by atoms with E-state index in [-0.39, 0.29) is 10.6 Å². The third-order valence-electron chi connectivity index (χ3n) is 1.99. The smallest absolute Gasteiger partial charge is 0.256 e. The van der Waals surface area contributed by atoms with Crippen molar-refractivity contribution in [2.75, 3.05) is 5.32 Å². The molecule has 17 heavy (non-hydrogen) atoms. The summed E-state index contributed by atoms with van der Waals surface area (Å²) >= 11 is 5.52. The van der Waals surface area contributed by atoms with Crippen molar-refractivity contribution < 1.29 is 9.18 Å². The molecule has 1 amide bonds. The summed E-state index contributed by atoms with van der Waals surface area (Å²) in [4.78, 5) is 19.3. The predicted octanol–water partition coefficient (Wildman–Crippen LogP) is 2.52. The van der Waals surface area contributed by atoms with E-state index in [1.54, 1.807) is 0 Å². The SMILES string of the molecule is O=C(Nc1cnccn1)c1ccc(Cl)c(F)c1. The Hall–Kier alpha value is -2.01. The van der Waals surface area contributed by atoms with Crippen molar-refractivity contribution in [1.82, 2.24) is 9.97 Å². The van der Waals surface area contributed by atoms with Crippen molar-refractivity contribution in [3.8, 4) is 0 Å². The summed E-state index contributed by atoms with van der Waals surface area (Å²) in [5, 5.41) is 2.46. The van der Waals surface area contributed by atoms with E-state index in [2.05, 4.69) is 15.3 Å². The molecule has 0 spiro atoms. The van der Waals surface area contributed by atoms with Crippen LogP contribution in [0, 0.1) is 5.82 Å². The number of carbonyl (C=O) groups excluding carboxylic acids is 1. The number of halogens is 2. The highest BCUT2D eigenvalue weighted by molar-refractivity contribution is 6.30. The van der Waals surface area contributed by atoms with Gasteiger partial charge in [0.15, 0.2) is 5.82 Å². The molecule has 1 N–H and O–H groups in total. The second kappa shape index (κ2) is 4.88. The molecule has 6 heteroatoms. The summed E-state index contributed by atoms with van der Waals surface area (Å²) in [5.41, 5.74) is 0.164. The van der Waals surface area contributed by atoms with E-state index >= 15 is 0 Å². The fourth-order valence-corrected chi connectivity index (χ4v) is 1.31. The van der Waals surface area contributed by atoms with Gasteiger partial charge in [0.1, 0.15) is 5.82 Å². The van der Waals surface area contributed by atoms with Gasteiger partial charge in [0.25, 0.3) is 5.91 Å². The van der Waals surface area contributed by atoms with E-state index in [4.69, 9.17) is 11.6 Å². The lowest BCUT2D eigenvalue weighted by Gasteiger charge is -2.04. The number of hydrogen-bond acceptors (Lipinski definition) is 3. The average Bonchev–Trinajstić information content (AvgIpc) is 2.34. The fourth-order valence-electron chi connectivity index (χ4n) is 1.19. The van der Waals surface area contributed by atoms with Crippen LogP contribution < -0.4 is 5.32 Å². The second-order valence-corrected chi connectivity index (χ2v) is 3.58. The van der Waals surface area contributed by atoms with Gasteiger partial charge in [0, 0.05) is 18.0 Å². The van der Waals surface area contributed by atoms with Crippen LogP contribution in [-0.4, -0.2) is 15.9 Å². The maximum absolute atomic E-state index is 13.1. The van der Waals surface area contributed by atoms with E-state index in [1.165, 1.54) is 30.7 Å². The van der Waals surface area contributed by atoms with Crippen molar-refractivity contribution in [1.29, 1.82) is 0 Å². The number of nitrogens with one attached hydrogen (secondary N) is 1. The van der Waals surface area contributed by atoms with Crippen LogP contribution in [0.3, 0.4) is 0 Å². The van der Waals surface area contributed by atoms with Crippen LogP contribution in [0.2, 0.25) is 5.02 Å². The molecule has 0 saturated heterocycles. The van der Waals surface area contributed by atoms with Crippen LogP contribution in [0.1, 0.15) is 10.4 Å². The minimum absolute atomic E-state index is 0.0268. The first-order chi connectivity index (χ1) is 8.16. The Bertz CT molecular complexity index is 548. The second-order valence-electron chi connectivity index (χ2n) is 3.17. The van der Waals surface area contributed by atoms with Crippen LogP contribution in [0.5, 0.6) is 0 Å². The van der Waals surface area contributed by atoms with Gasteiger partial charge in [-0.15, -0.1) is 0 Å². The molecule has 0 bridgehead atoms. The van der Waals surface area contributed by atoms with Gasteiger partial charge < -0.3 is 5.32 Å². The first kappa shape index (κ1) is 11.5. The Morgan fingerprint density at radius 1 is 1.35 bits per heavy atom. The Morgan fingerprint density at radius 3 is 2.82 bits per heavy atom. The molecule has 0 aliphatic carbocycles. The van der Waals surface area contributed by atoms with E-state index in [9.17, 15) is 9.18 Å². The molecule has 1 heterocycles. The lowest BCUT2D eigenvalue weighted by Crippen LogP contribution is -2.13. The zero-order valence-corrected chi connectivity index (χ0v) is 9.28. The van der Waals surface area contributed by atoms with Gasteiger partial charge in [0.05, 0.1) is 11.2 Å². The van der Waals surface area contributed by atoms with Crippen molar-refractivity contribution in [2.24, 2.45) is 0 Å². The number of anilines is 1. The standard InChI is InChI=1S/C11H7ClFN3O/c12-8-2-1-7(5-9(8)13)11(17)16-10-6-14-3-4-15-10/h1-6H,(H,15,16,17). The Balaban J connectivity index is 2.18. The summed E-state index contributed by atoms with van der Waals surface area (Å²) < 4.78 is 13.1. The summed E-state index contributed by atoms with van der Waals surface area (Å²) in [6, 6.07) is 3.81. The van der Waals surface area contributed by atoms with Crippen molar-refractivity contribution in [2.45, 2.75) is 0 Å². The lowest BCUT2D eigenvalue weighted by atomic mass is 10.2. The van der Waals surface area contributed by atoms with Crippen LogP contribution in [0.25, 0.3) is 0 Å². The van der Waals surface area contributed by atoms with Crippen LogP contribution >= 0.6 is 11.6 Å². The molecule has 0 fully saturated rings. The average molecular weight is 252 g/mol. The van der Waals surface area contributed by atoms with E-state index < -0.39 is 11.7 Å². The first-order valence-corrected chi connectivity index (χ1v) is 5.07. The Kier molecular flexibility index (Phi) is 3.30. The maximum Gasteiger partial charge on any atom is 0.256 e. The zero-order valence-electron chi connectivity index (χ0n) is 8.52. The molecule has 0 unspecified atom stereocenters. The van der Waals surface area contributed by atoms with Gasteiger partial charge in [-0.05, 0) is 18.2 Å². The molecular formula is C11H7ClFN3O. The number of benzene rings is 1. The van der Waals surface area contributed by atoms with Crippen molar-refractivity contribution >= 4 is 23.3 Å². The number of aromatic nitrogens is 2. The molecule has 0 radical (unpaired) electrons. The van der Waals surface area contributed by atoms with Crippen LogP contribution in [0.4, 0.5) is 10.2 Å². The molecule has 1 aromatic carbocycles. The van der Waals surface area contributed by atoms with E-state index in [0.29, 0.717) is 5.82 Å². The quantitative estimate of drug-likeness (QED) is 0.892. The number of hydrogen-bond donors (Lipinski definition) is 1. The summed E-state index contributed by atoms with van der Waals surface area (Å²) in [6.45, 7) is 0. The van der Waals surface area contributed by atoms with Gasteiger partial charge in [-0.1, -0.05) is 11.6 Å². The third-order valence-corrected chi connectivity index (χ3v) is 2.29. The Morgan fingerprint density at radius 2 is 2.18 bits per heavy atom. The van der Waals surface area contributed by atoms with Gasteiger partial charge in [-0.25, -0.2) is 9.37 Å². The molecule has 0 aliphatic heterocycles. The maximum atomic E-state index is 13.1. The monoisotopic (exact) mass is 251 g/mol. The highest BCUT2D eigenvalue weighted by Gasteiger charge is 2.09. The molecule has 86 valence electrons. The number of amides is 1. The minimum Gasteiger partial charge on any atom is -0.305 e. The first-order valence-electron chi connectivity index (χ1n) is 4.69. The normalized spacial score (nSPS) is 10.0. The molecule has 1 aromatic heterocycles. The topological polar surface area (TPSA) is 54.9 Å². The summed E-state index contributed by atoms with van der Waals surface area (Å²) in [7, 11) is 0. The largest absolute Gasteiger partial charge is 0.305 e.